The Bertz CT molecular complexity index is 1180. The SMILES string of the molecule is N#CC1CN(S(=O)(=O)N2CCC[C@H](C(=O)N3CCC[C@@H]3C(=O)NCc3c(F)c(F)cc(F)c3F)C2)C1. The van der Waals surface area contributed by atoms with Crippen LogP contribution in [0.1, 0.15) is 31.2 Å². The predicted octanol–water partition coefficient (Wildman–Crippen LogP) is 1.26. The maximum atomic E-state index is 13.9. The number of benzene rings is 1. The monoisotopic (exact) mass is 531 g/mol. The summed E-state index contributed by atoms with van der Waals surface area (Å²) in [7, 11) is -3.81. The van der Waals surface area contributed by atoms with Gasteiger partial charge in [-0.25, -0.2) is 17.6 Å². The van der Waals surface area contributed by atoms with Crippen molar-refractivity contribution < 1.29 is 35.6 Å². The van der Waals surface area contributed by atoms with Crippen LogP contribution in [0.5, 0.6) is 0 Å². The van der Waals surface area contributed by atoms with E-state index in [9.17, 15) is 35.6 Å². The fourth-order valence-corrected chi connectivity index (χ4v) is 6.63. The van der Waals surface area contributed by atoms with Crippen LogP contribution in [0.15, 0.2) is 6.07 Å². The van der Waals surface area contributed by atoms with Crippen LogP contribution in [-0.4, -0.2) is 72.5 Å². The van der Waals surface area contributed by atoms with Gasteiger partial charge in [0.05, 0.1) is 17.9 Å². The van der Waals surface area contributed by atoms with Crippen molar-refractivity contribution in [1.29, 1.82) is 5.26 Å². The number of likely N-dealkylation sites (tertiary alicyclic amines) is 1. The molecule has 0 aliphatic carbocycles. The van der Waals surface area contributed by atoms with E-state index in [0.717, 1.165) is 0 Å². The highest BCUT2D eigenvalue weighted by molar-refractivity contribution is 7.86. The van der Waals surface area contributed by atoms with E-state index in [2.05, 4.69) is 5.32 Å². The van der Waals surface area contributed by atoms with Crippen molar-refractivity contribution in [2.45, 2.75) is 38.3 Å². The van der Waals surface area contributed by atoms with Gasteiger partial charge in [0.15, 0.2) is 23.3 Å². The predicted molar refractivity (Wildman–Crippen MR) is 117 cm³/mol. The van der Waals surface area contributed by atoms with E-state index in [4.69, 9.17) is 5.26 Å². The molecule has 2 atom stereocenters. The summed E-state index contributed by atoms with van der Waals surface area (Å²) < 4.78 is 82.8. The molecule has 0 unspecified atom stereocenters. The van der Waals surface area contributed by atoms with E-state index in [0.29, 0.717) is 19.3 Å². The summed E-state index contributed by atoms with van der Waals surface area (Å²) in [5, 5.41) is 11.2. The second-order valence-electron chi connectivity index (χ2n) is 9.20. The van der Waals surface area contributed by atoms with Crippen molar-refractivity contribution in [3.8, 4) is 6.07 Å². The second kappa shape index (κ2) is 10.3. The molecule has 3 aliphatic heterocycles. The molecule has 1 N–H and O–H groups in total. The molecule has 3 aliphatic rings. The third-order valence-electron chi connectivity index (χ3n) is 6.90. The van der Waals surface area contributed by atoms with Gasteiger partial charge in [-0.05, 0) is 25.7 Å². The van der Waals surface area contributed by atoms with Gasteiger partial charge >= 0.3 is 0 Å². The summed E-state index contributed by atoms with van der Waals surface area (Å²) >= 11 is 0. The molecule has 0 radical (unpaired) electrons. The lowest BCUT2D eigenvalue weighted by Gasteiger charge is -2.41. The molecule has 14 heteroatoms. The summed E-state index contributed by atoms with van der Waals surface area (Å²) in [5.74, 6) is -8.56. The number of carbonyl (C=O) groups is 2. The number of amides is 2. The molecule has 3 fully saturated rings. The number of carbonyl (C=O) groups excluding carboxylic acids is 2. The molecule has 196 valence electrons. The van der Waals surface area contributed by atoms with E-state index in [1.54, 1.807) is 0 Å². The lowest BCUT2D eigenvalue weighted by atomic mass is 9.97. The van der Waals surface area contributed by atoms with E-state index in [-0.39, 0.29) is 51.1 Å². The van der Waals surface area contributed by atoms with Crippen LogP contribution >= 0.6 is 0 Å². The van der Waals surface area contributed by atoms with Crippen LogP contribution < -0.4 is 5.32 Å². The Labute approximate surface area is 205 Å². The maximum absolute atomic E-state index is 13.9. The Kier molecular flexibility index (Phi) is 7.53. The number of halogens is 4. The molecule has 4 rings (SSSR count). The minimum absolute atomic E-state index is 0.0568. The number of nitriles is 1. The highest BCUT2D eigenvalue weighted by atomic mass is 32.2. The van der Waals surface area contributed by atoms with Gasteiger partial charge in [-0.1, -0.05) is 0 Å². The highest BCUT2D eigenvalue weighted by Crippen LogP contribution is 2.29. The average Bonchev–Trinajstić information content (AvgIpc) is 3.31. The molecule has 36 heavy (non-hydrogen) atoms. The van der Waals surface area contributed by atoms with Crippen LogP contribution in [0.25, 0.3) is 0 Å². The smallest absolute Gasteiger partial charge is 0.282 e. The van der Waals surface area contributed by atoms with E-state index in [1.807, 2.05) is 6.07 Å². The third kappa shape index (κ3) is 4.91. The first kappa shape index (κ1) is 26.3. The lowest BCUT2D eigenvalue weighted by molar-refractivity contribution is -0.142. The van der Waals surface area contributed by atoms with E-state index >= 15 is 0 Å². The van der Waals surface area contributed by atoms with Gasteiger partial charge in [-0.15, -0.1) is 0 Å². The zero-order valence-corrected chi connectivity index (χ0v) is 20.0. The highest BCUT2D eigenvalue weighted by Gasteiger charge is 2.44. The van der Waals surface area contributed by atoms with Gasteiger partial charge in [0.25, 0.3) is 10.2 Å². The van der Waals surface area contributed by atoms with Crippen molar-refractivity contribution in [2.75, 3.05) is 32.7 Å². The number of rotatable bonds is 6. The molecule has 0 spiro atoms. The van der Waals surface area contributed by atoms with Gasteiger partial charge in [0.2, 0.25) is 11.8 Å². The molecule has 3 heterocycles. The molecule has 2 amide bonds. The van der Waals surface area contributed by atoms with E-state index < -0.39 is 69.4 Å². The van der Waals surface area contributed by atoms with Crippen molar-refractivity contribution in [3.05, 3.63) is 34.9 Å². The molecule has 1 aromatic carbocycles. The van der Waals surface area contributed by atoms with Gasteiger partial charge in [-0.2, -0.15) is 22.3 Å². The molecule has 0 aromatic heterocycles. The van der Waals surface area contributed by atoms with Crippen molar-refractivity contribution >= 4 is 22.0 Å². The number of hydrogen-bond acceptors (Lipinski definition) is 5. The number of hydrogen-bond donors (Lipinski definition) is 1. The number of nitrogens with one attached hydrogen (secondary N) is 1. The molecular weight excluding hydrogens is 506 g/mol. The van der Waals surface area contributed by atoms with Gasteiger partial charge in [0, 0.05) is 50.9 Å². The van der Waals surface area contributed by atoms with Crippen molar-refractivity contribution in [2.24, 2.45) is 11.8 Å². The second-order valence-corrected chi connectivity index (χ2v) is 11.1. The zero-order valence-electron chi connectivity index (χ0n) is 19.2. The minimum Gasteiger partial charge on any atom is -0.350 e. The molecule has 0 saturated carbocycles. The Morgan fingerprint density at radius 3 is 2.28 bits per heavy atom. The van der Waals surface area contributed by atoms with Crippen LogP contribution in [0, 0.1) is 46.4 Å². The van der Waals surface area contributed by atoms with Crippen molar-refractivity contribution in [3.63, 3.8) is 0 Å². The van der Waals surface area contributed by atoms with Crippen LogP contribution in [-0.2, 0) is 26.3 Å². The van der Waals surface area contributed by atoms with Gasteiger partial charge in [0.1, 0.15) is 6.04 Å². The third-order valence-corrected chi connectivity index (χ3v) is 8.83. The molecule has 1 aromatic rings. The Morgan fingerprint density at radius 1 is 1.00 bits per heavy atom. The average molecular weight is 532 g/mol. The van der Waals surface area contributed by atoms with Crippen LogP contribution in [0.4, 0.5) is 17.6 Å². The first-order valence-corrected chi connectivity index (χ1v) is 13.0. The van der Waals surface area contributed by atoms with Crippen molar-refractivity contribution in [1.82, 2.24) is 18.8 Å². The Hall–Kier alpha value is -2.76. The molecular formula is C22H25F4N5O4S. The topological polar surface area (TPSA) is 114 Å². The summed E-state index contributed by atoms with van der Waals surface area (Å²) in [6.07, 6.45) is 1.63. The Balaban J connectivity index is 1.39. The Morgan fingerprint density at radius 2 is 1.64 bits per heavy atom. The minimum atomic E-state index is -3.81. The summed E-state index contributed by atoms with van der Waals surface area (Å²) in [6, 6.07) is 1.13. The van der Waals surface area contributed by atoms with Gasteiger partial charge < -0.3 is 10.2 Å². The largest absolute Gasteiger partial charge is 0.350 e. The maximum Gasteiger partial charge on any atom is 0.282 e. The standard InChI is InChI=1S/C22H25F4N5O4S/c23-16-7-17(24)20(26)15(19(16)25)9-28-21(32)18-4-2-6-31(18)22(33)14-3-1-5-29(12-14)36(34,35)30-10-13(8-27)11-30/h7,13-14,18H,1-6,9-12H2,(H,28,32)/t14-,18+/m0/s1. The summed E-state index contributed by atoms with van der Waals surface area (Å²) in [6.45, 7) is -0.159. The van der Waals surface area contributed by atoms with Gasteiger partial charge in [-0.3, -0.25) is 9.59 Å². The fraction of sp³-hybridized carbons (Fsp3) is 0.591. The van der Waals surface area contributed by atoms with Crippen LogP contribution in [0.2, 0.25) is 0 Å². The lowest BCUT2D eigenvalue weighted by Crippen LogP contribution is -2.57. The first-order valence-electron chi connectivity index (χ1n) is 11.6. The summed E-state index contributed by atoms with van der Waals surface area (Å²) in [4.78, 5) is 27.3. The first-order chi connectivity index (χ1) is 17.0. The zero-order chi connectivity index (χ0) is 26.2. The number of piperidine rings is 1. The van der Waals surface area contributed by atoms with Crippen LogP contribution in [0.3, 0.4) is 0 Å². The normalized spacial score (nSPS) is 23.8. The molecule has 0 bridgehead atoms. The quantitative estimate of drug-likeness (QED) is 0.439. The molecule has 9 nitrogen and oxygen atoms in total. The summed E-state index contributed by atoms with van der Waals surface area (Å²) in [5.41, 5.74) is -0.963. The molecule has 3 saturated heterocycles. The van der Waals surface area contributed by atoms with E-state index in [1.165, 1.54) is 13.5 Å². The fourth-order valence-electron chi connectivity index (χ4n) is 4.83. The number of nitrogens with zero attached hydrogens (tertiary/aromatic N) is 4.